The first-order valence-corrected chi connectivity index (χ1v) is 12.7. The molecule has 4 rings (SSSR count). The van der Waals surface area contributed by atoms with Gasteiger partial charge in [0.15, 0.2) is 0 Å². The number of ether oxygens (including phenoxy) is 1. The van der Waals surface area contributed by atoms with Gasteiger partial charge in [-0.2, -0.15) is 0 Å². The molecule has 1 saturated carbocycles. The Balaban J connectivity index is 1.69. The molecule has 0 bridgehead atoms. The lowest BCUT2D eigenvalue weighted by Gasteiger charge is -2.35. The van der Waals surface area contributed by atoms with Crippen molar-refractivity contribution in [2.75, 3.05) is 6.61 Å². The third-order valence-electron chi connectivity index (χ3n) is 6.78. The fourth-order valence-corrected chi connectivity index (χ4v) is 5.09. The summed E-state index contributed by atoms with van der Waals surface area (Å²) in [6.45, 7) is 2.79. The molecule has 0 spiro atoms. The molecule has 1 saturated heterocycles. The van der Waals surface area contributed by atoms with Gasteiger partial charge >= 0.3 is 0 Å². The molecular weight excluding hydrogens is 450 g/mol. The second kappa shape index (κ2) is 11.1. The van der Waals surface area contributed by atoms with Crippen LogP contribution >= 0.6 is 11.6 Å². The van der Waals surface area contributed by atoms with E-state index in [-0.39, 0.29) is 17.4 Å². The maximum absolute atomic E-state index is 13.2. The maximum Gasteiger partial charge on any atom is 0.295 e. The summed E-state index contributed by atoms with van der Waals surface area (Å²) in [6.07, 6.45) is 8.15. The van der Waals surface area contributed by atoms with E-state index in [1.165, 1.54) is 0 Å². The lowest BCUT2D eigenvalue weighted by molar-refractivity contribution is -0.141. The van der Waals surface area contributed by atoms with E-state index in [0.29, 0.717) is 22.9 Å². The number of carbonyl (C=O) groups is 2. The van der Waals surface area contributed by atoms with Crippen LogP contribution in [-0.4, -0.2) is 34.3 Å². The van der Waals surface area contributed by atoms with Gasteiger partial charge in [-0.1, -0.05) is 62.8 Å². The van der Waals surface area contributed by atoms with Gasteiger partial charge in [0, 0.05) is 16.6 Å². The van der Waals surface area contributed by atoms with Crippen LogP contribution in [0.25, 0.3) is 5.76 Å². The standard InChI is InChI=1S/C28H32ClNO4/c1-2-3-7-18-34-23-16-12-20(13-17-23)26(31)24-25(19-10-14-21(29)15-11-19)30(28(33)27(24)32)22-8-5-4-6-9-22/h10-17,22,25,31H,2-9,18H2,1H3/b26-24-. The number of aliphatic hydroxyl groups excluding tert-OH is 1. The van der Waals surface area contributed by atoms with Gasteiger partial charge in [-0.05, 0) is 61.2 Å². The molecular formula is C28H32ClNO4. The van der Waals surface area contributed by atoms with Crippen molar-refractivity contribution in [1.29, 1.82) is 0 Å². The van der Waals surface area contributed by atoms with Gasteiger partial charge in [-0.25, -0.2) is 0 Å². The molecule has 2 fully saturated rings. The summed E-state index contributed by atoms with van der Waals surface area (Å²) in [5.41, 5.74) is 1.39. The quantitative estimate of drug-likeness (QED) is 0.198. The van der Waals surface area contributed by atoms with E-state index < -0.39 is 17.7 Å². The van der Waals surface area contributed by atoms with Crippen LogP contribution in [0, 0.1) is 0 Å². The molecule has 1 aliphatic heterocycles. The number of hydrogen-bond donors (Lipinski definition) is 1. The monoisotopic (exact) mass is 481 g/mol. The van der Waals surface area contributed by atoms with E-state index in [0.717, 1.165) is 56.9 Å². The van der Waals surface area contributed by atoms with E-state index in [1.807, 2.05) is 12.1 Å². The number of amides is 1. The van der Waals surface area contributed by atoms with Crippen molar-refractivity contribution in [1.82, 2.24) is 4.90 Å². The number of nitrogens with zero attached hydrogens (tertiary/aromatic N) is 1. The summed E-state index contributed by atoms with van der Waals surface area (Å²) in [4.78, 5) is 28.1. The normalized spacial score (nSPS) is 20.6. The average Bonchev–Trinajstić information content (AvgIpc) is 3.13. The van der Waals surface area contributed by atoms with Gasteiger partial charge in [0.25, 0.3) is 11.7 Å². The minimum Gasteiger partial charge on any atom is -0.507 e. The van der Waals surface area contributed by atoms with Crippen molar-refractivity contribution >= 4 is 29.1 Å². The summed E-state index contributed by atoms with van der Waals surface area (Å²) < 4.78 is 5.77. The Morgan fingerprint density at radius 1 is 1.00 bits per heavy atom. The molecule has 34 heavy (non-hydrogen) atoms. The molecule has 1 unspecified atom stereocenters. The van der Waals surface area contributed by atoms with Gasteiger partial charge in [0.05, 0.1) is 18.2 Å². The molecule has 6 heteroatoms. The highest BCUT2D eigenvalue weighted by atomic mass is 35.5. The van der Waals surface area contributed by atoms with Crippen molar-refractivity contribution in [3.8, 4) is 5.75 Å². The van der Waals surface area contributed by atoms with Crippen molar-refractivity contribution in [2.45, 2.75) is 70.4 Å². The first kappa shape index (κ1) is 24.3. The number of unbranched alkanes of at least 4 members (excludes halogenated alkanes) is 2. The summed E-state index contributed by atoms with van der Waals surface area (Å²) in [5.74, 6) is -0.620. The number of likely N-dealkylation sites (tertiary alicyclic amines) is 1. The fraction of sp³-hybridized carbons (Fsp3) is 0.429. The highest BCUT2D eigenvalue weighted by Gasteiger charge is 2.48. The van der Waals surface area contributed by atoms with Crippen LogP contribution in [0.1, 0.15) is 75.5 Å². The second-order valence-corrected chi connectivity index (χ2v) is 9.57. The first-order chi connectivity index (χ1) is 16.5. The molecule has 0 radical (unpaired) electrons. The third-order valence-corrected chi connectivity index (χ3v) is 7.03. The Kier molecular flexibility index (Phi) is 7.94. The molecule has 2 aromatic rings. The highest BCUT2D eigenvalue weighted by Crippen LogP contribution is 2.43. The summed E-state index contributed by atoms with van der Waals surface area (Å²) in [6, 6.07) is 13.6. The maximum atomic E-state index is 13.2. The number of ketones is 1. The van der Waals surface area contributed by atoms with Crippen LogP contribution in [-0.2, 0) is 9.59 Å². The number of halogens is 1. The topological polar surface area (TPSA) is 66.8 Å². The van der Waals surface area contributed by atoms with Gasteiger partial charge in [0.1, 0.15) is 11.5 Å². The molecule has 1 amide bonds. The van der Waals surface area contributed by atoms with Crippen LogP contribution < -0.4 is 4.74 Å². The van der Waals surface area contributed by atoms with E-state index in [9.17, 15) is 14.7 Å². The SMILES string of the molecule is CCCCCOc1ccc(/C(O)=C2/C(=O)C(=O)N(C3CCCCC3)C2c2ccc(Cl)cc2)cc1. The smallest absolute Gasteiger partial charge is 0.295 e. The van der Waals surface area contributed by atoms with Crippen molar-refractivity contribution < 1.29 is 19.4 Å². The van der Waals surface area contributed by atoms with Gasteiger partial charge in [-0.3, -0.25) is 9.59 Å². The summed E-state index contributed by atoms with van der Waals surface area (Å²) in [7, 11) is 0. The number of hydrogen-bond acceptors (Lipinski definition) is 4. The predicted molar refractivity (Wildman–Crippen MR) is 134 cm³/mol. The van der Waals surface area contributed by atoms with Gasteiger partial charge in [-0.15, -0.1) is 0 Å². The number of benzene rings is 2. The van der Waals surface area contributed by atoms with Crippen LogP contribution in [0.5, 0.6) is 5.75 Å². The molecule has 2 aliphatic rings. The molecule has 1 aliphatic carbocycles. The zero-order chi connectivity index (χ0) is 24.1. The average molecular weight is 482 g/mol. The highest BCUT2D eigenvalue weighted by molar-refractivity contribution is 6.46. The number of rotatable bonds is 8. The van der Waals surface area contributed by atoms with Crippen LogP contribution in [0.3, 0.4) is 0 Å². The molecule has 2 aromatic carbocycles. The number of aliphatic hydroxyl groups is 1. The Morgan fingerprint density at radius 2 is 1.68 bits per heavy atom. The molecule has 0 aromatic heterocycles. The molecule has 180 valence electrons. The Morgan fingerprint density at radius 3 is 2.32 bits per heavy atom. The Hall–Kier alpha value is -2.79. The molecule has 1 heterocycles. The minimum absolute atomic E-state index is 0.0184. The van der Waals surface area contributed by atoms with E-state index in [2.05, 4.69) is 6.92 Å². The number of carbonyl (C=O) groups excluding carboxylic acids is 2. The van der Waals surface area contributed by atoms with Crippen molar-refractivity contribution in [2.24, 2.45) is 0 Å². The number of Topliss-reactive ketones (excluding diaryl/α,β-unsaturated/α-hetero) is 1. The van der Waals surface area contributed by atoms with Gasteiger partial charge in [0.2, 0.25) is 0 Å². The van der Waals surface area contributed by atoms with Crippen LogP contribution in [0.15, 0.2) is 54.1 Å². The van der Waals surface area contributed by atoms with Crippen molar-refractivity contribution in [3.05, 3.63) is 70.3 Å². The lowest BCUT2D eigenvalue weighted by Crippen LogP contribution is -2.40. The van der Waals surface area contributed by atoms with Crippen molar-refractivity contribution in [3.63, 3.8) is 0 Å². The first-order valence-electron chi connectivity index (χ1n) is 12.3. The van der Waals surface area contributed by atoms with E-state index in [1.54, 1.807) is 41.3 Å². The van der Waals surface area contributed by atoms with Gasteiger partial charge < -0.3 is 14.7 Å². The predicted octanol–water partition coefficient (Wildman–Crippen LogP) is 6.66. The molecule has 5 nitrogen and oxygen atoms in total. The minimum atomic E-state index is -0.636. The largest absolute Gasteiger partial charge is 0.507 e. The third kappa shape index (κ3) is 5.15. The summed E-state index contributed by atoms with van der Waals surface area (Å²) >= 11 is 6.10. The zero-order valence-corrected chi connectivity index (χ0v) is 20.4. The second-order valence-electron chi connectivity index (χ2n) is 9.13. The fourth-order valence-electron chi connectivity index (χ4n) is 4.96. The zero-order valence-electron chi connectivity index (χ0n) is 19.6. The lowest BCUT2D eigenvalue weighted by atomic mass is 9.91. The Labute approximate surface area is 206 Å². The van der Waals surface area contributed by atoms with Crippen LogP contribution in [0.2, 0.25) is 5.02 Å². The molecule has 1 N–H and O–H groups in total. The summed E-state index contributed by atoms with van der Waals surface area (Å²) in [5, 5.41) is 11.8. The Bertz CT molecular complexity index is 1040. The molecule has 1 atom stereocenters. The van der Waals surface area contributed by atoms with Crippen LogP contribution in [0.4, 0.5) is 0 Å². The van der Waals surface area contributed by atoms with E-state index >= 15 is 0 Å². The van der Waals surface area contributed by atoms with E-state index in [4.69, 9.17) is 16.3 Å².